The molecule has 0 N–H and O–H groups in total. The summed E-state index contributed by atoms with van der Waals surface area (Å²) in [4.78, 5) is 16.9. The second kappa shape index (κ2) is 5.53. The smallest absolute Gasteiger partial charge is 0.305 e. The van der Waals surface area contributed by atoms with Crippen LogP contribution < -0.4 is 5.56 Å². The molecular weight excluding hydrogens is 305 g/mol. The first-order valence-electron chi connectivity index (χ1n) is 7.09. The number of para-hydroxylation sites is 2. The number of nitrogens with zero attached hydrogens (tertiary/aromatic N) is 2. The summed E-state index contributed by atoms with van der Waals surface area (Å²) < 4.78 is 39.5. The van der Waals surface area contributed by atoms with Gasteiger partial charge in [-0.1, -0.05) is 24.3 Å². The topological polar surface area (TPSA) is 34.9 Å². The van der Waals surface area contributed by atoms with Gasteiger partial charge in [-0.25, -0.2) is 4.98 Å². The zero-order valence-corrected chi connectivity index (χ0v) is 12.3. The van der Waals surface area contributed by atoms with Gasteiger partial charge in [0.2, 0.25) is 0 Å². The first kappa shape index (κ1) is 15.3. The van der Waals surface area contributed by atoms with E-state index >= 15 is 0 Å². The van der Waals surface area contributed by atoms with Gasteiger partial charge in [0.15, 0.2) is 0 Å². The van der Waals surface area contributed by atoms with E-state index in [2.05, 4.69) is 4.98 Å². The first-order valence-corrected chi connectivity index (χ1v) is 7.09. The number of hydrogen-bond acceptors (Lipinski definition) is 2. The molecule has 3 rings (SSSR count). The van der Waals surface area contributed by atoms with Crippen LogP contribution in [0.3, 0.4) is 0 Å². The normalized spacial score (nSPS) is 11.8. The second-order valence-electron chi connectivity index (χ2n) is 5.07. The van der Waals surface area contributed by atoms with E-state index < -0.39 is 11.7 Å². The molecule has 6 heteroatoms. The van der Waals surface area contributed by atoms with Crippen molar-refractivity contribution in [2.45, 2.75) is 19.6 Å². The van der Waals surface area contributed by atoms with Gasteiger partial charge in [-0.2, -0.15) is 13.2 Å². The summed E-state index contributed by atoms with van der Waals surface area (Å²) in [5.41, 5.74) is 0.790. The Morgan fingerprint density at radius 1 is 1.04 bits per heavy atom. The summed E-state index contributed by atoms with van der Waals surface area (Å²) >= 11 is 0. The summed E-state index contributed by atoms with van der Waals surface area (Å²) in [5, 5.41) is 0. The number of fused-ring (bicyclic) bond motifs is 1. The fourth-order valence-corrected chi connectivity index (χ4v) is 2.51. The van der Waals surface area contributed by atoms with Crippen molar-refractivity contribution in [3.63, 3.8) is 0 Å². The summed E-state index contributed by atoms with van der Waals surface area (Å²) in [6.45, 7) is 2.29. The fourth-order valence-electron chi connectivity index (χ4n) is 2.51. The van der Waals surface area contributed by atoms with Gasteiger partial charge in [-0.05, 0) is 31.2 Å². The molecule has 0 saturated carbocycles. The van der Waals surface area contributed by atoms with Gasteiger partial charge >= 0.3 is 6.18 Å². The minimum Gasteiger partial charge on any atom is -0.305 e. The molecule has 1 heterocycles. The Kier molecular flexibility index (Phi) is 3.67. The molecule has 0 spiro atoms. The van der Waals surface area contributed by atoms with Crippen LogP contribution >= 0.6 is 0 Å². The van der Waals surface area contributed by atoms with E-state index in [4.69, 9.17) is 0 Å². The zero-order chi connectivity index (χ0) is 16.6. The molecule has 0 aliphatic rings. The molecule has 3 nitrogen and oxygen atoms in total. The second-order valence-corrected chi connectivity index (χ2v) is 5.07. The third-order valence-corrected chi connectivity index (χ3v) is 3.65. The predicted octanol–water partition coefficient (Wildman–Crippen LogP) is 4.10. The minimum absolute atomic E-state index is 0.152. The van der Waals surface area contributed by atoms with Crippen molar-refractivity contribution in [3.8, 4) is 11.3 Å². The maximum Gasteiger partial charge on any atom is 0.416 e. The highest BCUT2D eigenvalue weighted by atomic mass is 19.4. The Hall–Kier alpha value is -2.63. The van der Waals surface area contributed by atoms with Gasteiger partial charge in [0.05, 0.1) is 16.6 Å². The fraction of sp³-hybridized carbons (Fsp3) is 0.176. The molecule has 0 atom stereocenters. The van der Waals surface area contributed by atoms with E-state index in [-0.39, 0.29) is 11.3 Å². The van der Waals surface area contributed by atoms with Crippen molar-refractivity contribution in [2.75, 3.05) is 0 Å². The van der Waals surface area contributed by atoms with E-state index in [1.54, 1.807) is 22.8 Å². The van der Waals surface area contributed by atoms with Crippen molar-refractivity contribution in [1.82, 2.24) is 9.55 Å². The number of hydrogen-bond donors (Lipinski definition) is 0. The van der Waals surface area contributed by atoms with Crippen LogP contribution in [0, 0.1) is 0 Å². The maximum atomic E-state index is 12.6. The Labute approximate surface area is 130 Å². The maximum absolute atomic E-state index is 12.6. The van der Waals surface area contributed by atoms with E-state index in [0.29, 0.717) is 23.1 Å². The van der Waals surface area contributed by atoms with Crippen LogP contribution in [0.2, 0.25) is 0 Å². The molecule has 0 amide bonds. The highest BCUT2D eigenvalue weighted by Gasteiger charge is 2.30. The van der Waals surface area contributed by atoms with Crippen molar-refractivity contribution in [3.05, 3.63) is 64.4 Å². The molecule has 0 unspecified atom stereocenters. The largest absolute Gasteiger partial charge is 0.416 e. The summed E-state index contributed by atoms with van der Waals surface area (Å²) in [6.07, 6.45) is -4.40. The predicted molar refractivity (Wildman–Crippen MR) is 82.1 cm³/mol. The quantitative estimate of drug-likeness (QED) is 0.713. The van der Waals surface area contributed by atoms with E-state index in [0.717, 1.165) is 12.1 Å². The Balaban J connectivity index is 2.20. The third-order valence-electron chi connectivity index (χ3n) is 3.65. The van der Waals surface area contributed by atoms with Crippen molar-refractivity contribution in [2.24, 2.45) is 0 Å². The summed E-state index contributed by atoms with van der Waals surface area (Å²) in [6, 6.07) is 11.7. The molecule has 3 aromatic rings. The van der Waals surface area contributed by atoms with Gasteiger partial charge in [-0.15, -0.1) is 0 Å². The minimum atomic E-state index is -4.40. The van der Waals surface area contributed by atoms with Gasteiger partial charge in [-0.3, -0.25) is 4.79 Å². The number of aromatic nitrogens is 2. The van der Waals surface area contributed by atoms with Crippen LogP contribution in [0.1, 0.15) is 12.5 Å². The number of alkyl halides is 3. The van der Waals surface area contributed by atoms with Gasteiger partial charge in [0.1, 0.15) is 5.69 Å². The molecule has 0 aliphatic carbocycles. The van der Waals surface area contributed by atoms with E-state index in [1.807, 2.05) is 13.0 Å². The average molecular weight is 318 g/mol. The van der Waals surface area contributed by atoms with Gasteiger partial charge < -0.3 is 4.57 Å². The molecular formula is C17H13F3N2O. The molecule has 0 aliphatic heterocycles. The molecule has 0 saturated heterocycles. The molecule has 118 valence electrons. The molecule has 0 radical (unpaired) electrons. The van der Waals surface area contributed by atoms with Crippen molar-refractivity contribution >= 4 is 11.0 Å². The monoisotopic (exact) mass is 318 g/mol. The summed E-state index contributed by atoms with van der Waals surface area (Å²) in [7, 11) is 0. The highest BCUT2D eigenvalue weighted by molar-refractivity contribution is 5.77. The van der Waals surface area contributed by atoms with Gasteiger partial charge in [0.25, 0.3) is 5.56 Å². The van der Waals surface area contributed by atoms with E-state index in [9.17, 15) is 18.0 Å². The lowest BCUT2D eigenvalue weighted by atomic mass is 10.1. The number of benzene rings is 2. The lowest BCUT2D eigenvalue weighted by Crippen LogP contribution is -2.23. The molecule has 0 fully saturated rings. The molecule has 23 heavy (non-hydrogen) atoms. The Bertz CT molecular complexity index is 912. The SMILES string of the molecule is CCn1c(=O)c(-c2ccc(C(F)(F)F)cc2)nc2ccccc21. The Morgan fingerprint density at radius 3 is 2.30 bits per heavy atom. The number of rotatable bonds is 2. The number of halogens is 3. The van der Waals surface area contributed by atoms with Crippen LogP contribution in [0.25, 0.3) is 22.3 Å². The lowest BCUT2D eigenvalue weighted by molar-refractivity contribution is -0.137. The standard InChI is InChI=1S/C17H13F3N2O/c1-2-22-14-6-4-3-5-13(14)21-15(16(22)23)11-7-9-12(10-8-11)17(18,19)20/h3-10H,2H2,1H3. The molecule has 1 aromatic heterocycles. The molecule has 0 bridgehead atoms. The van der Waals surface area contributed by atoms with E-state index in [1.165, 1.54) is 12.1 Å². The first-order chi connectivity index (χ1) is 10.9. The van der Waals surface area contributed by atoms with Crippen LogP contribution in [0.15, 0.2) is 53.3 Å². The van der Waals surface area contributed by atoms with Crippen molar-refractivity contribution in [1.29, 1.82) is 0 Å². The van der Waals surface area contributed by atoms with Crippen LogP contribution in [0.5, 0.6) is 0 Å². The Morgan fingerprint density at radius 2 is 1.70 bits per heavy atom. The number of aryl methyl sites for hydroxylation is 1. The van der Waals surface area contributed by atoms with Crippen LogP contribution in [-0.2, 0) is 12.7 Å². The van der Waals surface area contributed by atoms with Crippen molar-refractivity contribution < 1.29 is 13.2 Å². The lowest BCUT2D eigenvalue weighted by Gasteiger charge is -2.11. The average Bonchev–Trinajstić information content (AvgIpc) is 2.54. The zero-order valence-electron chi connectivity index (χ0n) is 12.3. The molecule has 2 aromatic carbocycles. The third kappa shape index (κ3) is 2.72. The van der Waals surface area contributed by atoms with Crippen LogP contribution in [0.4, 0.5) is 13.2 Å². The van der Waals surface area contributed by atoms with Gasteiger partial charge in [0, 0.05) is 12.1 Å². The summed E-state index contributed by atoms with van der Waals surface area (Å²) in [5.74, 6) is 0. The van der Waals surface area contributed by atoms with Crippen LogP contribution in [-0.4, -0.2) is 9.55 Å². The highest BCUT2D eigenvalue weighted by Crippen LogP contribution is 2.30.